The van der Waals surface area contributed by atoms with Gasteiger partial charge in [-0.05, 0) is 19.3 Å². The van der Waals surface area contributed by atoms with Crippen LogP contribution in [0.3, 0.4) is 0 Å². The first-order valence-corrected chi connectivity index (χ1v) is 6.87. The summed E-state index contributed by atoms with van der Waals surface area (Å²) in [5.41, 5.74) is -0.578. The van der Waals surface area contributed by atoms with Gasteiger partial charge in [-0.3, -0.25) is 9.59 Å². The van der Waals surface area contributed by atoms with E-state index >= 15 is 0 Å². The van der Waals surface area contributed by atoms with Crippen molar-refractivity contribution < 1.29 is 14.3 Å². The number of amides is 2. The molecule has 1 aliphatic carbocycles. The summed E-state index contributed by atoms with van der Waals surface area (Å²) in [4.78, 5) is 25.9. The Bertz CT molecular complexity index is 324. The Balaban J connectivity index is 2.02. The Morgan fingerprint density at radius 1 is 1.28 bits per heavy atom. The second-order valence-corrected chi connectivity index (χ2v) is 5.08. The van der Waals surface area contributed by atoms with Gasteiger partial charge in [0.05, 0.1) is 13.2 Å². The summed E-state index contributed by atoms with van der Waals surface area (Å²) < 4.78 is 5.45. The molecule has 2 fully saturated rings. The number of rotatable bonds is 5. The number of carbonyl (C=O) groups is 2. The molecule has 1 saturated carbocycles. The second-order valence-electron chi connectivity index (χ2n) is 5.08. The van der Waals surface area contributed by atoms with Gasteiger partial charge in [0.1, 0.15) is 5.54 Å². The minimum absolute atomic E-state index is 0.0232. The van der Waals surface area contributed by atoms with Gasteiger partial charge in [-0.25, -0.2) is 0 Å². The first-order chi connectivity index (χ1) is 8.70. The molecule has 0 atom stereocenters. The molecule has 2 aliphatic rings. The average Bonchev–Trinajstić information content (AvgIpc) is 2.84. The van der Waals surface area contributed by atoms with Gasteiger partial charge in [0.15, 0.2) is 0 Å². The van der Waals surface area contributed by atoms with Crippen molar-refractivity contribution in [3.8, 4) is 0 Å². The van der Waals surface area contributed by atoms with Gasteiger partial charge in [-0.2, -0.15) is 0 Å². The summed E-state index contributed by atoms with van der Waals surface area (Å²) in [6.07, 6.45) is 4.59. The smallest absolute Gasteiger partial charge is 0.246 e. The zero-order valence-electron chi connectivity index (χ0n) is 11.0. The molecular formula is C13H22N2O3. The molecule has 1 heterocycles. The van der Waals surface area contributed by atoms with Gasteiger partial charge in [-0.1, -0.05) is 19.8 Å². The lowest BCUT2D eigenvalue weighted by atomic mass is 9.91. The van der Waals surface area contributed by atoms with Crippen LogP contribution in [-0.2, 0) is 14.3 Å². The molecule has 0 aromatic rings. The fourth-order valence-corrected chi connectivity index (χ4v) is 2.97. The number of piperazine rings is 1. The molecule has 2 rings (SSSR count). The fraction of sp³-hybridized carbons (Fsp3) is 0.846. The van der Waals surface area contributed by atoms with Crippen LogP contribution in [0.15, 0.2) is 0 Å². The molecule has 0 bridgehead atoms. The SMILES string of the molecule is CCCOCCN1C(=O)CNC(=O)C12CCCC2. The van der Waals surface area contributed by atoms with Gasteiger partial charge in [0.25, 0.3) is 0 Å². The third-order valence-corrected chi connectivity index (χ3v) is 3.88. The fourth-order valence-electron chi connectivity index (χ4n) is 2.97. The van der Waals surface area contributed by atoms with Gasteiger partial charge < -0.3 is 15.0 Å². The van der Waals surface area contributed by atoms with Crippen LogP contribution in [-0.4, -0.2) is 48.6 Å². The van der Waals surface area contributed by atoms with E-state index in [2.05, 4.69) is 12.2 Å². The topological polar surface area (TPSA) is 58.6 Å². The quantitative estimate of drug-likeness (QED) is 0.734. The molecule has 2 amide bonds. The van der Waals surface area contributed by atoms with Gasteiger partial charge >= 0.3 is 0 Å². The maximum atomic E-state index is 12.1. The molecule has 0 unspecified atom stereocenters. The summed E-state index contributed by atoms with van der Waals surface area (Å²) >= 11 is 0. The van der Waals surface area contributed by atoms with Crippen molar-refractivity contribution in [3.05, 3.63) is 0 Å². The second kappa shape index (κ2) is 5.69. The monoisotopic (exact) mass is 254 g/mol. The molecule has 102 valence electrons. The molecule has 5 heteroatoms. The zero-order chi connectivity index (χ0) is 13.0. The Morgan fingerprint density at radius 2 is 2.00 bits per heavy atom. The molecule has 1 N–H and O–H groups in total. The van der Waals surface area contributed by atoms with E-state index in [1.54, 1.807) is 4.90 Å². The van der Waals surface area contributed by atoms with E-state index in [1.807, 2.05) is 0 Å². The largest absolute Gasteiger partial charge is 0.380 e. The first-order valence-electron chi connectivity index (χ1n) is 6.87. The van der Waals surface area contributed by atoms with Crippen molar-refractivity contribution in [1.29, 1.82) is 0 Å². The van der Waals surface area contributed by atoms with Crippen LogP contribution in [0, 0.1) is 0 Å². The Labute approximate surface area is 108 Å². The number of carbonyl (C=O) groups excluding carboxylic acids is 2. The van der Waals surface area contributed by atoms with Crippen molar-refractivity contribution in [3.63, 3.8) is 0 Å². The standard InChI is InChI=1S/C13H22N2O3/c1-2-8-18-9-7-15-11(16)10-14-12(17)13(15)5-3-4-6-13/h2-10H2,1H3,(H,14,17). The van der Waals surface area contributed by atoms with E-state index in [1.165, 1.54) is 0 Å². The summed E-state index contributed by atoms with van der Waals surface area (Å²) in [5.74, 6) is 0.0479. The van der Waals surface area contributed by atoms with Crippen molar-refractivity contribution in [1.82, 2.24) is 10.2 Å². The predicted molar refractivity (Wildman–Crippen MR) is 67.0 cm³/mol. The minimum Gasteiger partial charge on any atom is -0.380 e. The third kappa shape index (κ3) is 2.36. The van der Waals surface area contributed by atoms with E-state index in [9.17, 15) is 9.59 Å². The highest BCUT2D eigenvalue weighted by Gasteiger charge is 2.50. The van der Waals surface area contributed by atoms with E-state index in [0.29, 0.717) is 19.8 Å². The lowest BCUT2D eigenvalue weighted by Gasteiger charge is -2.43. The number of ether oxygens (including phenoxy) is 1. The average molecular weight is 254 g/mol. The third-order valence-electron chi connectivity index (χ3n) is 3.88. The molecule has 1 aliphatic heterocycles. The van der Waals surface area contributed by atoms with Crippen molar-refractivity contribution in [2.75, 3.05) is 26.3 Å². The lowest BCUT2D eigenvalue weighted by Crippen LogP contribution is -2.66. The normalized spacial score (nSPS) is 22.6. The number of nitrogens with zero attached hydrogens (tertiary/aromatic N) is 1. The summed E-state index contributed by atoms with van der Waals surface area (Å²) in [6.45, 7) is 3.95. The molecule has 0 aromatic carbocycles. The van der Waals surface area contributed by atoms with Crippen LogP contribution < -0.4 is 5.32 Å². The highest BCUT2D eigenvalue weighted by Crippen LogP contribution is 2.36. The summed E-state index contributed by atoms with van der Waals surface area (Å²) in [5, 5.41) is 2.73. The van der Waals surface area contributed by atoms with Gasteiger partial charge in [-0.15, -0.1) is 0 Å². The summed E-state index contributed by atoms with van der Waals surface area (Å²) in [7, 11) is 0. The molecular weight excluding hydrogens is 232 g/mol. The molecule has 18 heavy (non-hydrogen) atoms. The van der Waals surface area contributed by atoms with Gasteiger partial charge in [0, 0.05) is 13.2 Å². The van der Waals surface area contributed by atoms with Crippen LogP contribution in [0.2, 0.25) is 0 Å². The predicted octanol–water partition coefficient (Wildman–Crippen LogP) is 0.684. The van der Waals surface area contributed by atoms with Crippen LogP contribution in [0.5, 0.6) is 0 Å². The van der Waals surface area contributed by atoms with Crippen molar-refractivity contribution >= 4 is 11.8 Å². The van der Waals surface area contributed by atoms with Crippen LogP contribution in [0.25, 0.3) is 0 Å². The highest BCUT2D eigenvalue weighted by molar-refractivity contribution is 5.98. The van der Waals surface area contributed by atoms with Crippen LogP contribution >= 0.6 is 0 Å². The van der Waals surface area contributed by atoms with Crippen LogP contribution in [0.1, 0.15) is 39.0 Å². The summed E-state index contributed by atoms with van der Waals surface area (Å²) in [6, 6.07) is 0. The molecule has 1 spiro atoms. The van der Waals surface area contributed by atoms with E-state index in [4.69, 9.17) is 4.74 Å². The van der Waals surface area contributed by atoms with E-state index in [-0.39, 0.29) is 18.4 Å². The number of hydrogen-bond acceptors (Lipinski definition) is 3. The molecule has 1 saturated heterocycles. The maximum Gasteiger partial charge on any atom is 0.246 e. The molecule has 5 nitrogen and oxygen atoms in total. The first kappa shape index (κ1) is 13.3. The van der Waals surface area contributed by atoms with Crippen LogP contribution in [0.4, 0.5) is 0 Å². The number of hydrogen-bond donors (Lipinski definition) is 1. The highest BCUT2D eigenvalue weighted by atomic mass is 16.5. The minimum atomic E-state index is -0.578. The van der Waals surface area contributed by atoms with Gasteiger partial charge in [0.2, 0.25) is 11.8 Å². The van der Waals surface area contributed by atoms with Crippen molar-refractivity contribution in [2.45, 2.75) is 44.6 Å². The Kier molecular flexibility index (Phi) is 4.22. The maximum absolute atomic E-state index is 12.1. The molecule has 0 aromatic heterocycles. The van der Waals surface area contributed by atoms with E-state index in [0.717, 1.165) is 32.1 Å². The zero-order valence-corrected chi connectivity index (χ0v) is 11.0. The lowest BCUT2D eigenvalue weighted by molar-refractivity contribution is -0.154. The Hall–Kier alpha value is -1.10. The number of nitrogens with one attached hydrogen (secondary N) is 1. The molecule has 0 radical (unpaired) electrons. The van der Waals surface area contributed by atoms with Crippen molar-refractivity contribution in [2.24, 2.45) is 0 Å². The Morgan fingerprint density at radius 3 is 2.67 bits per heavy atom. The van der Waals surface area contributed by atoms with E-state index < -0.39 is 5.54 Å².